The van der Waals surface area contributed by atoms with E-state index in [1.54, 1.807) is 42.5 Å². The molecule has 8 nitrogen and oxygen atoms in total. The van der Waals surface area contributed by atoms with E-state index in [1.807, 2.05) is 4.90 Å². The van der Waals surface area contributed by atoms with E-state index in [0.717, 1.165) is 32.4 Å². The lowest BCUT2D eigenvalue weighted by atomic mass is 9.84. The van der Waals surface area contributed by atoms with Gasteiger partial charge < -0.3 is 10.2 Å². The zero-order chi connectivity index (χ0) is 23.8. The van der Waals surface area contributed by atoms with Gasteiger partial charge in [-0.25, -0.2) is 0 Å². The zero-order valence-corrected chi connectivity index (χ0v) is 18.2. The van der Waals surface area contributed by atoms with Crippen LogP contribution < -0.4 is 10.2 Å². The number of fused-ring (bicyclic) bond motifs is 2. The molecule has 5 rings (SSSR count). The minimum atomic E-state index is -0.539. The number of piperidine rings is 1. The van der Waals surface area contributed by atoms with Gasteiger partial charge in [-0.2, -0.15) is 0 Å². The Morgan fingerprint density at radius 3 is 2.15 bits per heavy atom. The molecule has 3 aromatic rings. The molecule has 0 unspecified atom stereocenters. The fraction of sp³-hybridized carbons (Fsp3) is 0.192. The second kappa shape index (κ2) is 8.55. The van der Waals surface area contributed by atoms with Crippen LogP contribution in [0.1, 0.15) is 61.5 Å². The van der Waals surface area contributed by atoms with Gasteiger partial charge in [-0.1, -0.05) is 24.3 Å². The van der Waals surface area contributed by atoms with Crippen LogP contribution in [0, 0.1) is 10.1 Å². The molecule has 1 heterocycles. The summed E-state index contributed by atoms with van der Waals surface area (Å²) < 4.78 is 0. The topological polar surface area (TPSA) is 110 Å². The number of nitro groups is 1. The number of nitrogens with one attached hydrogen (secondary N) is 1. The SMILES string of the molecule is O=C(Nc1ccc2c(c1)C(=O)c1ccccc1C2=O)c1ccc(N2CCCCC2)c([N+](=O)[O-])c1. The number of amides is 1. The maximum Gasteiger partial charge on any atom is 0.293 e. The summed E-state index contributed by atoms with van der Waals surface area (Å²) in [5.74, 6) is -1.07. The minimum Gasteiger partial charge on any atom is -0.366 e. The average molecular weight is 455 g/mol. The first-order valence-electron chi connectivity index (χ1n) is 11.1. The van der Waals surface area contributed by atoms with E-state index < -0.39 is 10.8 Å². The predicted molar refractivity (Wildman–Crippen MR) is 127 cm³/mol. The highest BCUT2D eigenvalue weighted by Gasteiger charge is 2.30. The normalized spacial score (nSPS) is 14.9. The molecule has 0 bridgehead atoms. The maximum absolute atomic E-state index is 12.9. The van der Waals surface area contributed by atoms with E-state index in [9.17, 15) is 24.5 Å². The van der Waals surface area contributed by atoms with Crippen molar-refractivity contribution in [1.29, 1.82) is 0 Å². The van der Waals surface area contributed by atoms with E-state index in [2.05, 4.69) is 5.32 Å². The number of hydrogen-bond donors (Lipinski definition) is 1. The van der Waals surface area contributed by atoms with Crippen LogP contribution in [-0.2, 0) is 0 Å². The van der Waals surface area contributed by atoms with E-state index in [4.69, 9.17) is 0 Å². The van der Waals surface area contributed by atoms with Gasteiger partial charge in [0.1, 0.15) is 5.69 Å². The summed E-state index contributed by atoms with van der Waals surface area (Å²) in [6.07, 6.45) is 3.05. The molecule has 0 radical (unpaired) electrons. The first kappa shape index (κ1) is 21.5. The Balaban J connectivity index is 1.42. The summed E-state index contributed by atoms with van der Waals surface area (Å²) in [6, 6.07) is 15.6. The van der Waals surface area contributed by atoms with E-state index >= 15 is 0 Å². The molecule has 0 aromatic heterocycles. The fourth-order valence-corrected chi connectivity index (χ4v) is 4.59. The van der Waals surface area contributed by atoms with Crippen LogP contribution in [0.25, 0.3) is 0 Å². The summed E-state index contributed by atoms with van der Waals surface area (Å²) in [5.41, 5.74) is 2.04. The van der Waals surface area contributed by atoms with Crippen molar-refractivity contribution in [1.82, 2.24) is 0 Å². The van der Waals surface area contributed by atoms with Gasteiger partial charge in [0, 0.05) is 52.7 Å². The summed E-state index contributed by atoms with van der Waals surface area (Å²) in [6.45, 7) is 1.49. The number of carbonyl (C=O) groups excluding carboxylic acids is 3. The van der Waals surface area contributed by atoms with Crippen molar-refractivity contribution in [3.63, 3.8) is 0 Å². The van der Waals surface area contributed by atoms with Crippen LogP contribution in [0.15, 0.2) is 60.7 Å². The highest BCUT2D eigenvalue weighted by atomic mass is 16.6. The number of nitro benzene ring substituents is 1. The van der Waals surface area contributed by atoms with Crippen molar-refractivity contribution in [3.05, 3.63) is 98.6 Å². The Kier molecular flexibility index (Phi) is 5.41. The van der Waals surface area contributed by atoms with Gasteiger partial charge in [-0.15, -0.1) is 0 Å². The van der Waals surface area contributed by atoms with Gasteiger partial charge in [0.05, 0.1) is 4.92 Å². The summed E-state index contributed by atoms with van der Waals surface area (Å²) in [7, 11) is 0. The Morgan fingerprint density at radius 1 is 0.824 bits per heavy atom. The molecule has 1 fully saturated rings. The zero-order valence-electron chi connectivity index (χ0n) is 18.2. The molecule has 170 valence electrons. The number of hydrogen-bond acceptors (Lipinski definition) is 6. The van der Waals surface area contributed by atoms with Gasteiger partial charge in [0.15, 0.2) is 11.6 Å². The second-order valence-corrected chi connectivity index (χ2v) is 8.43. The van der Waals surface area contributed by atoms with Crippen molar-refractivity contribution in [2.75, 3.05) is 23.3 Å². The molecule has 3 aromatic carbocycles. The molecule has 1 aliphatic carbocycles. The molecular formula is C26H21N3O5. The lowest BCUT2D eigenvalue weighted by Crippen LogP contribution is -2.30. The van der Waals surface area contributed by atoms with E-state index in [1.165, 1.54) is 18.2 Å². The lowest BCUT2D eigenvalue weighted by molar-refractivity contribution is -0.384. The summed E-state index contributed by atoms with van der Waals surface area (Å²) in [4.78, 5) is 51.8. The van der Waals surface area contributed by atoms with Crippen molar-refractivity contribution in [2.24, 2.45) is 0 Å². The van der Waals surface area contributed by atoms with Crippen molar-refractivity contribution in [3.8, 4) is 0 Å². The third-order valence-electron chi connectivity index (χ3n) is 6.31. The van der Waals surface area contributed by atoms with Crippen LogP contribution in [0.4, 0.5) is 17.1 Å². The Bertz CT molecular complexity index is 1360. The van der Waals surface area contributed by atoms with E-state index in [-0.39, 0.29) is 33.9 Å². The number of ketones is 2. The average Bonchev–Trinajstić information content (AvgIpc) is 2.87. The maximum atomic E-state index is 12.9. The number of rotatable bonds is 4. The quantitative estimate of drug-likeness (QED) is 0.355. The molecule has 1 aliphatic heterocycles. The van der Waals surface area contributed by atoms with Gasteiger partial charge in [-0.3, -0.25) is 24.5 Å². The highest BCUT2D eigenvalue weighted by molar-refractivity contribution is 6.28. The predicted octanol–water partition coefficient (Wildman–Crippen LogP) is 4.61. The van der Waals surface area contributed by atoms with Crippen molar-refractivity contribution in [2.45, 2.75) is 19.3 Å². The molecule has 1 saturated heterocycles. The van der Waals surface area contributed by atoms with Crippen LogP contribution in [-0.4, -0.2) is 35.5 Å². The highest BCUT2D eigenvalue weighted by Crippen LogP contribution is 2.32. The molecular weight excluding hydrogens is 434 g/mol. The van der Waals surface area contributed by atoms with Crippen LogP contribution in [0.2, 0.25) is 0 Å². The standard InChI is InChI=1S/C26H21N3O5/c30-24-18-6-2-3-7-19(18)25(31)21-15-17(9-10-20(21)24)27-26(32)16-8-11-22(23(14-16)29(33)34)28-12-4-1-5-13-28/h2-3,6-11,14-15H,1,4-5,12-13H2,(H,27,32). The Hall–Kier alpha value is -4.33. The van der Waals surface area contributed by atoms with Crippen LogP contribution >= 0.6 is 0 Å². The first-order chi connectivity index (χ1) is 16.4. The molecule has 0 atom stereocenters. The van der Waals surface area contributed by atoms with Gasteiger partial charge in [0.2, 0.25) is 0 Å². The lowest BCUT2D eigenvalue weighted by Gasteiger charge is -2.28. The summed E-state index contributed by atoms with van der Waals surface area (Å²) >= 11 is 0. The number of anilines is 2. The van der Waals surface area contributed by atoms with Gasteiger partial charge in [0.25, 0.3) is 11.6 Å². The van der Waals surface area contributed by atoms with Crippen LogP contribution in [0.5, 0.6) is 0 Å². The summed E-state index contributed by atoms with van der Waals surface area (Å²) in [5, 5.41) is 14.4. The molecule has 0 spiro atoms. The molecule has 8 heteroatoms. The smallest absolute Gasteiger partial charge is 0.293 e. The first-order valence-corrected chi connectivity index (χ1v) is 11.1. The number of nitrogens with zero attached hydrogens (tertiary/aromatic N) is 2. The van der Waals surface area contributed by atoms with Gasteiger partial charge >= 0.3 is 0 Å². The second-order valence-electron chi connectivity index (χ2n) is 8.43. The molecule has 1 amide bonds. The monoisotopic (exact) mass is 455 g/mol. The molecule has 2 aliphatic rings. The molecule has 34 heavy (non-hydrogen) atoms. The number of carbonyl (C=O) groups is 3. The molecule has 0 saturated carbocycles. The van der Waals surface area contributed by atoms with E-state index in [0.29, 0.717) is 22.5 Å². The Labute approximate surface area is 195 Å². The third-order valence-corrected chi connectivity index (χ3v) is 6.31. The minimum absolute atomic E-state index is 0.114. The fourth-order valence-electron chi connectivity index (χ4n) is 4.59. The van der Waals surface area contributed by atoms with Crippen LogP contribution in [0.3, 0.4) is 0 Å². The largest absolute Gasteiger partial charge is 0.366 e. The Morgan fingerprint density at radius 2 is 1.47 bits per heavy atom. The van der Waals surface area contributed by atoms with Crippen molar-refractivity contribution < 1.29 is 19.3 Å². The third kappa shape index (κ3) is 3.73. The van der Waals surface area contributed by atoms with Gasteiger partial charge in [-0.05, 0) is 49.6 Å². The molecule has 1 N–H and O–H groups in total. The number of benzene rings is 3. The van der Waals surface area contributed by atoms with Crippen molar-refractivity contribution >= 4 is 34.5 Å².